The number of benzene rings is 1. The minimum absolute atomic E-state index is 0.104. The highest BCUT2D eigenvalue weighted by Crippen LogP contribution is 2.12. The van der Waals surface area contributed by atoms with Gasteiger partial charge in [0, 0.05) is 6.20 Å². The van der Waals surface area contributed by atoms with Crippen molar-refractivity contribution in [3.8, 4) is 0 Å². The zero-order valence-electron chi connectivity index (χ0n) is 13.3. The van der Waals surface area contributed by atoms with Gasteiger partial charge in [-0.05, 0) is 30.7 Å². The van der Waals surface area contributed by atoms with E-state index >= 15 is 0 Å². The van der Waals surface area contributed by atoms with Gasteiger partial charge in [-0.2, -0.15) is 0 Å². The van der Waals surface area contributed by atoms with E-state index in [0.717, 1.165) is 11.3 Å². The molecular formula is C18H18N4O2. The minimum atomic E-state index is -0.241. The predicted octanol–water partition coefficient (Wildman–Crippen LogP) is 3.17. The molecule has 0 spiro atoms. The lowest BCUT2D eigenvalue weighted by Gasteiger charge is -2.14. The van der Waals surface area contributed by atoms with E-state index in [-0.39, 0.29) is 11.9 Å². The molecule has 0 radical (unpaired) electrons. The first kappa shape index (κ1) is 15.7. The van der Waals surface area contributed by atoms with Crippen LogP contribution in [0, 0.1) is 0 Å². The number of anilines is 1. The Morgan fingerprint density at radius 2 is 2.00 bits per heavy atom. The number of nitrogens with zero attached hydrogens (tertiary/aromatic N) is 2. The molecule has 3 rings (SSSR count). The summed E-state index contributed by atoms with van der Waals surface area (Å²) >= 11 is 0. The third kappa shape index (κ3) is 3.98. The van der Waals surface area contributed by atoms with Crippen LogP contribution in [-0.4, -0.2) is 15.9 Å². The van der Waals surface area contributed by atoms with E-state index in [2.05, 4.69) is 20.6 Å². The summed E-state index contributed by atoms with van der Waals surface area (Å²) < 4.78 is 5.24. The van der Waals surface area contributed by atoms with Crippen LogP contribution in [0.15, 0.2) is 65.4 Å². The molecule has 1 atom stereocenters. The molecule has 0 aliphatic rings. The molecule has 0 aliphatic carbocycles. The van der Waals surface area contributed by atoms with Crippen molar-refractivity contribution in [2.24, 2.45) is 0 Å². The van der Waals surface area contributed by atoms with Crippen LogP contribution < -0.4 is 10.6 Å². The van der Waals surface area contributed by atoms with Crippen LogP contribution in [-0.2, 0) is 6.54 Å². The third-order valence-electron chi connectivity index (χ3n) is 3.54. The topological polar surface area (TPSA) is 80.0 Å². The van der Waals surface area contributed by atoms with Crippen LogP contribution >= 0.6 is 0 Å². The molecule has 6 nitrogen and oxygen atoms in total. The van der Waals surface area contributed by atoms with E-state index in [1.165, 1.54) is 0 Å². The van der Waals surface area contributed by atoms with Crippen molar-refractivity contribution in [3.05, 3.63) is 78.0 Å². The number of amides is 1. The standard InChI is InChI=1S/C18H18N4O2/c1-13(14-6-3-2-4-7-14)21-17(23)16-9-10-19-18(22-16)20-12-15-8-5-11-24-15/h2-11,13H,12H2,1H3,(H,21,23)(H,19,20,22). The van der Waals surface area contributed by atoms with Gasteiger partial charge in [0.2, 0.25) is 5.95 Å². The predicted molar refractivity (Wildman–Crippen MR) is 90.4 cm³/mol. The molecular weight excluding hydrogens is 304 g/mol. The van der Waals surface area contributed by atoms with Crippen LogP contribution in [0.25, 0.3) is 0 Å². The van der Waals surface area contributed by atoms with Crippen molar-refractivity contribution in [2.45, 2.75) is 19.5 Å². The summed E-state index contributed by atoms with van der Waals surface area (Å²) in [4.78, 5) is 20.7. The molecule has 3 aromatic rings. The first-order valence-electron chi connectivity index (χ1n) is 7.67. The number of rotatable bonds is 6. The second-order valence-corrected chi connectivity index (χ2v) is 5.30. The SMILES string of the molecule is CC(NC(=O)c1ccnc(NCc2ccco2)n1)c1ccccc1. The number of aromatic nitrogens is 2. The van der Waals surface area contributed by atoms with Gasteiger partial charge in [-0.25, -0.2) is 9.97 Å². The first-order chi connectivity index (χ1) is 11.7. The summed E-state index contributed by atoms with van der Waals surface area (Å²) in [5.41, 5.74) is 1.35. The van der Waals surface area contributed by atoms with Crippen LogP contribution in [0.4, 0.5) is 5.95 Å². The quantitative estimate of drug-likeness (QED) is 0.728. The average Bonchev–Trinajstić information content (AvgIpc) is 3.14. The van der Waals surface area contributed by atoms with Crippen molar-refractivity contribution < 1.29 is 9.21 Å². The Labute approximate surface area is 140 Å². The second-order valence-electron chi connectivity index (χ2n) is 5.30. The normalized spacial score (nSPS) is 11.7. The number of hydrogen-bond acceptors (Lipinski definition) is 5. The summed E-state index contributed by atoms with van der Waals surface area (Å²) in [5.74, 6) is 0.910. The van der Waals surface area contributed by atoms with Gasteiger partial charge in [0.1, 0.15) is 11.5 Å². The summed E-state index contributed by atoms with van der Waals surface area (Å²) in [6.07, 6.45) is 3.16. The van der Waals surface area contributed by atoms with Crippen molar-refractivity contribution in [2.75, 3.05) is 5.32 Å². The monoisotopic (exact) mass is 322 g/mol. The van der Waals surface area contributed by atoms with E-state index in [1.807, 2.05) is 49.4 Å². The molecule has 0 aliphatic heterocycles. The molecule has 2 aromatic heterocycles. The van der Waals surface area contributed by atoms with E-state index in [9.17, 15) is 4.79 Å². The highest BCUT2D eigenvalue weighted by Gasteiger charge is 2.13. The molecule has 0 fully saturated rings. The maximum absolute atomic E-state index is 12.4. The fourth-order valence-electron chi connectivity index (χ4n) is 2.25. The van der Waals surface area contributed by atoms with Crippen molar-refractivity contribution in [1.82, 2.24) is 15.3 Å². The number of nitrogens with one attached hydrogen (secondary N) is 2. The lowest BCUT2D eigenvalue weighted by molar-refractivity contribution is 0.0935. The minimum Gasteiger partial charge on any atom is -0.467 e. The third-order valence-corrected chi connectivity index (χ3v) is 3.54. The van der Waals surface area contributed by atoms with Gasteiger partial charge in [-0.15, -0.1) is 0 Å². The Hall–Kier alpha value is -3.15. The molecule has 1 unspecified atom stereocenters. The Bertz CT molecular complexity index is 788. The second kappa shape index (κ2) is 7.41. The van der Waals surface area contributed by atoms with Gasteiger partial charge in [0.25, 0.3) is 5.91 Å². The maximum atomic E-state index is 12.4. The fraction of sp³-hybridized carbons (Fsp3) is 0.167. The first-order valence-corrected chi connectivity index (χ1v) is 7.67. The molecule has 6 heteroatoms. The van der Waals surface area contributed by atoms with Gasteiger partial charge < -0.3 is 15.1 Å². The summed E-state index contributed by atoms with van der Waals surface area (Å²) in [6.45, 7) is 2.39. The molecule has 0 saturated heterocycles. The fourth-order valence-corrected chi connectivity index (χ4v) is 2.25. The van der Waals surface area contributed by atoms with Crippen molar-refractivity contribution >= 4 is 11.9 Å². The molecule has 1 amide bonds. The van der Waals surface area contributed by atoms with Crippen LogP contribution in [0.2, 0.25) is 0 Å². The number of furan rings is 1. The van der Waals surface area contributed by atoms with Gasteiger partial charge in [-0.3, -0.25) is 4.79 Å². The maximum Gasteiger partial charge on any atom is 0.270 e. The lowest BCUT2D eigenvalue weighted by Crippen LogP contribution is -2.27. The molecule has 0 saturated carbocycles. The smallest absolute Gasteiger partial charge is 0.270 e. The molecule has 2 heterocycles. The zero-order valence-corrected chi connectivity index (χ0v) is 13.3. The van der Waals surface area contributed by atoms with Gasteiger partial charge >= 0.3 is 0 Å². The highest BCUT2D eigenvalue weighted by molar-refractivity contribution is 5.92. The largest absolute Gasteiger partial charge is 0.467 e. The Morgan fingerprint density at radius 3 is 2.75 bits per heavy atom. The van der Waals surface area contributed by atoms with Crippen LogP contribution in [0.5, 0.6) is 0 Å². The lowest BCUT2D eigenvalue weighted by atomic mass is 10.1. The van der Waals surface area contributed by atoms with E-state index in [0.29, 0.717) is 18.2 Å². The zero-order chi connectivity index (χ0) is 16.8. The molecule has 122 valence electrons. The van der Waals surface area contributed by atoms with Gasteiger partial charge in [0.15, 0.2) is 0 Å². The Morgan fingerprint density at radius 1 is 1.17 bits per heavy atom. The Balaban J connectivity index is 1.63. The van der Waals surface area contributed by atoms with Gasteiger partial charge in [-0.1, -0.05) is 30.3 Å². The van der Waals surface area contributed by atoms with E-state index < -0.39 is 0 Å². The number of carbonyl (C=O) groups excluding carboxylic acids is 1. The molecule has 1 aromatic carbocycles. The molecule has 2 N–H and O–H groups in total. The average molecular weight is 322 g/mol. The summed E-state index contributed by atoms with van der Waals surface area (Å²) in [5, 5.41) is 5.97. The molecule has 0 bridgehead atoms. The van der Waals surface area contributed by atoms with E-state index in [1.54, 1.807) is 18.5 Å². The molecule has 24 heavy (non-hydrogen) atoms. The van der Waals surface area contributed by atoms with Crippen molar-refractivity contribution in [3.63, 3.8) is 0 Å². The highest BCUT2D eigenvalue weighted by atomic mass is 16.3. The van der Waals surface area contributed by atoms with Crippen LogP contribution in [0.1, 0.15) is 34.8 Å². The number of hydrogen-bond donors (Lipinski definition) is 2. The van der Waals surface area contributed by atoms with Gasteiger partial charge in [0.05, 0.1) is 18.8 Å². The van der Waals surface area contributed by atoms with Crippen molar-refractivity contribution in [1.29, 1.82) is 0 Å². The summed E-state index contributed by atoms with van der Waals surface area (Å²) in [6, 6.07) is 14.9. The van der Waals surface area contributed by atoms with Crippen LogP contribution in [0.3, 0.4) is 0 Å². The summed E-state index contributed by atoms with van der Waals surface area (Å²) in [7, 11) is 0. The van der Waals surface area contributed by atoms with E-state index in [4.69, 9.17) is 4.42 Å². The number of carbonyl (C=O) groups is 1. The Kier molecular flexibility index (Phi) is 4.86.